The number of aliphatic imine (C=N–C) groups is 1. The van der Waals surface area contributed by atoms with E-state index < -0.39 is 11.6 Å². The van der Waals surface area contributed by atoms with Crippen molar-refractivity contribution in [3.8, 4) is 0 Å². The highest BCUT2D eigenvalue weighted by atomic mass is 16.2. The van der Waals surface area contributed by atoms with Crippen molar-refractivity contribution < 1.29 is 14.4 Å². The highest BCUT2D eigenvalue weighted by molar-refractivity contribution is 6.44. The molecule has 19 heavy (non-hydrogen) atoms. The molecule has 1 amide bonds. The third-order valence-electron chi connectivity index (χ3n) is 2.95. The van der Waals surface area contributed by atoms with Gasteiger partial charge in [-0.1, -0.05) is 24.3 Å². The monoisotopic (exact) mass is 258 g/mol. The molecule has 0 spiro atoms. The first kappa shape index (κ1) is 13.1. The smallest absolute Gasteiger partial charge is 0.229 e. The highest BCUT2D eigenvalue weighted by Gasteiger charge is 2.26. The number of rotatable bonds is 3. The van der Waals surface area contributed by atoms with Crippen LogP contribution >= 0.6 is 0 Å². The molecule has 1 aliphatic heterocycles. The molecular formula is C14H14N2O3. The lowest BCUT2D eigenvalue weighted by Gasteiger charge is -2.17. The van der Waals surface area contributed by atoms with Crippen LogP contribution in [0.1, 0.15) is 29.8 Å². The van der Waals surface area contributed by atoms with Crippen LogP contribution in [-0.2, 0) is 9.59 Å². The Morgan fingerprint density at radius 1 is 1.16 bits per heavy atom. The molecule has 0 unspecified atom stereocenters. The number of ketones is 2. The van der Waals surface area contributed by atoms with Crippen LogP contribution in [0.5, 0.6) is 0 Å². The van der Waals surface area contributed by atoms with Crippen LogP contribution in [0.25, 0.3) is 0 Å². The van der Waals surface area contributed by atoms with Crippen LogP contribution in [0.15, 0.2) is 29.3 Å². The molecular weight excluding hydrogens is 244 g/mol. The van der Waals surface area contributed by atoms with Gasteiger partial charge in [0.2, 0.25) is 11.7 Å². The number of nitrogens with zero attached hydrogens (tertiary/aromatic N) is 2. The summed E-state index contributed by atoms with van der Waals surface area (Å²) in [7, 11) is 0. The van der Waals surface area contributed by atoms with E-state index in [4.69, 9.17) is 0 Å². The minimum Gasteiger partial charge on any atom is -0.295 e. The van der Waals surface area contributed by atoms with Gasteiger partial charge in [-0.15, -0.1) is 0 Å². The second-order valence-corrected chi connectivity index (χ2v) is 4.31. The van der Waals surface area contributed by atoms with Crippen LogP contribution < -0.4 is 0 Å². The van der Waals surface area contributed by atoms with E-state index >= 15 is 0 Å². The maximum atomic E-state index is 11.9. The van der Waals surface area contributed by atoms with Crippen molar-refractivity contribution in [2.24, 2.45) is 4.99 Å². The van der Waals surface area contributed by atoms with E-state index in [1.54, 1.807) is 24.3 Å². The Bertz CT molecular complexity index is 590. The average molecular weight is 258 g/mol. The Kier molecular flexibility index (Phi) is 3.55. The van der Waals surface area contributed by atoms with Gasteiger partial charge in [-0.3, -0.25) is 24.3 Å². The molecule has 1 aromatic carbocycles. The topological polar surface area (TPSA) is 66.8 Å². The summed E-state index contributed by atoms with van der Waals surface area (Å²) in [6, 6.07) is 6.73. The first-order valence-electron chi connectivity index (χ1n) is 5.99. The zero-order valence-corrected chi connectivity index (χ0v) is 10.8. The van der Waals surface area contributed by atoms with Gasteiger partial charge in [0.05, 0.1) is 6.54 Å². The van der Waals surface area contributed by atoms with Gasteiger partial charge in [0.1, 0.15) is 5.84 Å². The second-order valence-electron chi connectivity index (χ2n) is 4.31. The van der Waals surface area contributed by atoms with E-state index in [-0.39, 0.29) is 5.91 Å². The summed E-state index contributed by atoms with van der Waals surface area (Å²) in [4.78, 5) is 40.5. The van der Waals surface area contributed by atoms with E-state index in [9.17, 15) is 14.4 Å². The lowest BCUT2D eigenvalue weighted by Crippen LogP contribution is -2.34. The lowest BCUT2D eigenvalue weighted by atomic mass is 10.0. The molecule has 1 aliphatic rings. The van der Waals surface area contributed by atoms with E-state index in [1.807, 2.05) is 0 Å². The summed E-state index contributed by atoms with van der Waals surface area (Å²) >= 11 is 0. The molecule has 0 N–H and O–H groups in total. The van der Waals surface area contributed by atoms with Crippen LogP contribution in [0.2, 0.25) is 0 Å². The van der Waals surface area contributed by atoms with Crippen LogP contribution in [0, 0.1) is 0 Å². The summed E-state index contributed by atoms with van der Waals surface area (Å²) < 4.78 is 0. The average Bonchev–Trinajstić information content (AvgIpc) is 2.87. The molecule has 0 saturated heterocycles. The Labute approximate surface area is 110 Å². The molecule has 0 atom stereocenters. The first-order valence-corrected chi connectivity index (χ1v) is 5.99. The molecule has 0 aromatic heterocycles. The Morgan fingerprint density at radius 3 is 2.47 bits per heavy atom. The molecule has 0 bridgehead atoms. The van der Waals surface area contributed by atoms with Gasteiger partial charge in [0.25, 0.3) is 0 Å². The number of amides is 1. The van der Waals surface area contributed by atoms with Gasteiger partial charge in [-0.25, -0.2) is 0 Å². The molecule has 2 rings (SSSR count). The Balaban J connectivity index is 2.49. The third-order valence-corrected chi connectivity index (χ3v) is 2.95. The van der Waals surface area contributed by atoms with Gasteiger partial charge in [-0.2, -0.15) is 0 Å². The van der Waals surface area contributed by atoms with E-state index in [1.165, 1.54) is 18.7 Å². The van der Waals surface area contributed by atoms with Gasteiger partial charge < -0.3 is 0 Å². The second kappa shape index (κ2) is 5.14. The standard InChI is InChI=1S/C14H14N2O3/c1-9(17)13(19)11-5-3-4-6-12(11)14-15-7-8-16(14)10(2)18/h3-6H,7-8H2,1-2H3. The van der Waals surface area contributed by atoms with E-state index in [0.29, 0.717) is 30.1 Å². The van der Waals surface area contributed by atoms with E-state index in [2.05, 4.69) is 4.99 Å². The first-order chi connectivity index (χ1) is 9.02. The fourth-order valence-electron chi connectivity index (χ4n) is 2.05. The van der Waals surface area contributed by atoms with Gasteiger partial charge in [0, 0.05) is 31.5 Å². The van der Waals surface area contributed by atoms with Gasteiger partial charge in [0.15, 0.2) is 5.78 Å². The number of carbonyl (C=O) groups excluding carboxylic acids is 3. The number of Topliss-reactive ketones (excluding diaryl/α,β-unsaturated/α-hetero) is 2. The highest BCUT2D eigenvalue weighted by Crippen LogP contribution is 2.17. The van der Waals surface area contributed by atoms with E-state index in [0.717, 1.165) is 0 Å². The normalized spacial score (nSPS) is 14.2. The van der Waals surface area contributed by atoms with Crippen molar-refractivity contribution in [2.45, 2.75) is 13.8 Å². The minimum absolute atomic E-state index is 0.124. The molecule has 1 heterocycles. The molecule has 5 heteroatoms. The Hall–Kier alpha value is -2.30. The molecule has 0 fully saturated rings. The largest absolute Gasteiger partial charge is 0.295 e. The summed E-state index contributed by atoms with van der Waals surface area (Å²) in [5, 5.41) is 0. The third kappa shape index (κ3) is 2.45. The maximum absolute atomic E-state index is 11.9. The summed E-state index contributed by atoms with van der Waals surface area (Å²) in [6.07, 6.45) is 0. The number of carbonyl (C=O) groups is 3. The number of hydrogen-bond donors (Lipinski definition) is 0. The maximum Gasteiger partial charge on any atom is 0.229 e. The van der Waals surface area contributed by atoms with Crippen molar-refractivity contribution >= 4 is 23.3 Å². The van der Waals surface area contributed by atoms with Crippen molar-refractivity contribution in [3.63, 3.8) is 0 Å². The van der Waals surface area contributed by atoms with Crippen LogP contribution in [-0.4, -0.2) is 41.3 Å². The number of hydrogen-bond acceptors (Lipinski definition) is 4. The Morgan fingerprint density at radius 2 is 1.84 bits per heavy atom. The van der Waals surface area contributed by atoms with Gasteiger partial charge in [-0.05, 0) is 0 Å². The quantitative estimate of drug-likeness (QED) is 0.601. The molecule has 0 radical (unpaired) electrons. The zero-order chi connectivity index (χ0) is 14.0. The molecule has 1 aromatic rings. The molecule has 5 nitrogen and oxygen atoms in total. The molecule has 0 aliphatic carbocycles. The van der Waals surface area contributed by atoms with Gasteiger partial charge >= 0.3 is 0 Å². The number of benzene rings is 1. The number of amidine groups is 1. The summed E-state index contributed by atoms with van der Waals surface area (Å²) in [5.74, 6) is -0.742. The molecule has 0 saturated carbocycles. The summed E-state index contributed by atoms with van der Waals surface area (Å²) in [5.41, 5.74) is 0.831. The fourth-order valence-corrected chi connectivity index (χ4v) is 2.05. The van der Waals surface area contributed by atoms with Crippen molar-refractivity contribution in [3.05, 3.63) is 35.4 Å². The van der Waals surface area contributed by atoms with Crippen molar-refractivity contribution in [1.29, 1.82) is 0 Å². The van der Waals surface area contributed by atoms with Crippen LogP contribution in [0.4, 0.5) is 0 Å². The predicted octanol–water partition coefficient (Wildman–Crippen LogP) is 1.07. The van der Waals surface area contributed by atoms with Crippen molar-refractivity contribution in [1.82, 2.24) is 4.90 Å². The minimum atomic E-state index is -0.561. The lowest BCUT2D eigenvalue weighted by molar-refractivity contribution is -0.124. The fraction of sp³-hybridized carbons (Fsp3) is 0.286. The van der Waals surface area contributed by atoms with Crippen molar-refractivity contribution in [2.75, 3.05) is 13.1 Å². The zero-order valence-electron chi connectivity index (χ0n) is 10.8. The van der Waals surface area contributed by atoms with Crippen LogP contribution in [0.3, 0.4) is 0 Å². The predicted molar refractivity (Wildman–Crippen MR) is 70.2 cm³/mol. The molecule has 98 valence electrons. The SMILES string of the molecule is CC(=O)C(=O)c1ccccc1C1=NCCN1C(C)=O. The summed E-state index contributed by atoms with van der Waals surface area (Å²) in [6.45, 7) is 3.71.